The van der Waals surface area contributed by atoms with E-state index in [1.54, 1.807) is 25.3 Å². The molecular formula is C18H24N4O4S. The zero-order chi connectivity index (χ0) is 19.7. The number of nitrogens with two attached hydrogens (primary N) is 1. The topological polar surface area (TPSA) is 115 Å². The van der Waals surface area contributed by atoms with Crippen molar-refractivity contribution in [3.63, 3.8) is 0 Å². The Morgan fingerprint density at radius 2 is 1.78 bits per heavy atom. The lowest BCUT2D eigenvalue weighted by Crippen LogP contribution is -2.28. The second-order valence-electron chi connectivity index (χ2n) is 5.59. The van der Waals surface area contributed by atoms with E-state index in [2.05, 4.69) is 15.0 Å². The molecule has 0 fully saturated rings. The Morgan fingerprint density at radius 1 is 1.07 bits per heavy atom. The number of rotatable bonds is 9. The number of aliphatic imine (C=N–C) groups is 1. The molecule has 0 spiro atoms. The van der Waals surface area contributed by atoms with E-state index < -0.39 is 10.0 Å². The third-order valence-electron chi connectivity index (χ3n) is 3.64. The molecule has 4 N–H and O–H groups in total. The van der Waals surface area contributed by atoms with Gasteiger partial charge in [0.05, 0.1) is 26.5 Å². The molecule has 0 aliphatic carbocycles. The Hall–Kier alpha value is -2.78. The van der Waals surface area contributed by atoms with E-state index in [4.69, 9.17) is 15.2 Å². The van der Waals surface area contributed by atoms with Crippen molar-refractivity contribution < 1.29 is 17.9 Å². The van der Waals surface area contributed by atoms with Crippen LogP contribution in [-0.4, -0.2) is 40.9 Å². The van der Waals surface area contributed by atoms with E-state index in [-0.39, 0.29) is 24.8 Å². The first-order chi connectivity index (χ1) is 12.9. The average molecular weight is 392 g/mol. The quantitative estimate of drug-likeness (QED) is 0.441. The number of nitrogens with zero attached hydrogens (tertiary/aromatic N) is 1. The standard InChI is InChI=1S/C18H24N4O4S/c1-25-16-9-8-15(12-17(16)26-2)22-18(19)20-10-11-27(23,24)21-13-14-6-4-3-5-7-14/h3-9,12,21H,10-11,13H2,1-2H3,(H3,19,20,22). The van der Waals surface area contributed by atoms with Gasteiger partial charge in [0.2, 0.25) is 10.0 Å². The fourth-order valence-electron chi connectivity index (χ4n) is 2.25. The van der Waals surface area contributed by atoms with E-state index in [0.29, 0.717) is 17.2 Å². The lowest BCUT2D eigenvalue weighted by molar-refractivity contribution is 0.355. The molecule has 2 rings (SSSR count). The number of benzene rings is 2. The van der Waals surface area contributed by atoms with Gasteiger partial charge in [-0.25, -0.2) is 13.1 Å². The Morgan fingerprint density at radius 3 is 2.44 bits per heavy atom. The Kier molecular flexibility index (Phi) is 7.44. The molecule has 0 radical (unpaired) electrons. The summed E-state index contributed by atoms with van der Waals surface area (Å²) < 4.78 is 37.0. The predicted molar refractivity (Wildman–Crippen MR) is 107 cm³/mol. The first-order valence-corrected chi connectivity index (χ1v) is 9.89. The highest BCUT2D eigenvalue weighted by atomic mass is 32.2. The van der Waals surface area contributed by atoms with Crippen molar-refractivity contribution >= 4 is 21.7 Å². The number of nitrogens with one attached hydrogen (secondary N) is 2. The van der Waals surface area contributed by atoms with E-state index in [1.807, 2.05) is 30.3 Å². The highest BCUT2D eigenvalue weighted by Gasteiger charge is 2.10. The summed E-state index contributed by atoms with van der Waals surface area (Å²) in [5.41, 5.74) is 7.35. The summed E-state index contributed by atoms with van der Waals surface area (Å²) in [5, 5.41) is 2.89. The van der Waals surface area contributed by atoms with E-state index in [9.17, 15) is 8.42 Å². The fraction of sp³-hybridized carbons (Fsp3) is 0.278. The van der Waals surface area contributed by atoms with Crippen LogP contribution in [0, 0.1) is 0 Å². The highest BCUT2D eigenvalue weighted by Crippen LogP contribution is 2.29. The zero-order valence-electron chi connectivity index (χ0n) is 15.3. The maximum atomic E-state index is 12.0. The highest BCUT2D eigenvalue weighted by molar-refractivity contribution is 7.89. The number of anilines is 1. The second-order valence-corrected chi connectivity index (χ2v) is 7.51. The van der Waals surface area contributed by atoms with Gasteiger partial charge in [-0.2, -0.15) is 0 Å². The van der Waals surface area contributed by atoms with Crippen molar-refractivity contribution in [3.8, 4) is 11.5 Å². The largest absolute Gasteiger partial charge is 0.493 e. The molecule has 0 aliphatic rings. The maximum absolute atomic E-state index is 12.0. The summed E-state index contributed by atoms with van der Waals surface area (Å²) in [6.07, 6.45) is 0. The number of guanidine groups is 1. The molecule has 0 unspecified atom stereocenters. The van der Waals surface area contributed by atoms with Gasteiger partial charge in [-0.05, 0) is 17.7 Å². The minimum absolute atomic E-state index is 0.0379. The minimum atomic E-state index is -3.44. The molecule has 2 aromatic carbocycles. The average Bonchev–Trinajstić information content (AvgIpc) is 2.67. The van der Waals surface area contributed by atoms with Crippen molar-refractivity contribution in [2.45, 2.75) is 6.54 Å². The monoisotopic (exact) mass is 392 g/mol. The van der Waals surface area contributed by atoms with Crippen LogP contribution in [0.4, 0.5) is 5.69 Å². The van der Waals surface area contributed by atoms with Crippen LogP contribution >= 0.6 is 0 Å². The van der Waals surface area contributed by atoms with Crippen LogP contribution in [0.2, 0.25) is 0 Å². The van der Waals surface area contributed by atoms with Gasteiger partial charge in [-0.3, -0.25) is 4.99 Å². The Bertz CT molecular complexity index is 870. The van der Waals surface area contributed by atoms with Gasteiger partial charge < -0.3 is 20.5 Å². The molecule has 27 heavy (non-hydrogen) atoms. The number of sulfonamides is 1. The molecule has 0 saturated heterocycles. The SMILES string of the molecule is COc1ccc(NC(N)=NCCS(=O)(=O)NCc2ccccc2)cc1OC. The van der Waals surface area contributed by atoms with E-state index >= 15 is 0 Å². The third-order valence-corrected chi connectivity index (χ3v) is 4.94. The first kappa shape index (κ1) is 20.5. The predicted octanol–water partition coefficient (Wildman–Crippen LogP) is 1.55. The summed E-state index contributed by atoms with van der Waals surface area (Å²) in [6.45, 7) is 0.280. The number of methoxy groups -OCH3 is 2. The van der Waals surface area contributed by atoms with Gasteiger partial charge in [0.1, 0.15) is 0 Å². The molecule has 2 aromatic rings. The van der Waals surface area contributed by atoms with Crippen molar-refractivity contribution in [1.29, 1.82) is 0 Å². The smallest absolute Gasteiger partial charge is 0.213 e. The van der Waals surface area contributed by atoms with Gasteiger partial charge in [0.15, 0.2) is 17.5 Å². The Labute approximate surface area is 159 Å². The third kappa shape index (κ3) is 6.80. The van der Waals surface area contributed by atoms with Crippen LogP contribution in [0.3, 0.4) is 0 Å². The van der Waals surface area contributed by atoms with Crippen molar-refractivity contribution in [2.75, 3.05) is 31.8 Å². The summed E-state index contributed by atoms with van der Waals surface area (Å²) >= 11 is 0. The fourth-order valence-corrected chi connectivity index (χ4v) is 3.11. The van der Waals surface area contributed by atoms with Crippen molar-refractivity contribution in [3.05, 3.63) is 54.1 Å². The summed E-state index contributed by atoms with van der Waals surface area (Å²) in [6, 6.07) is 14.5. The van der Waals surface area contributed by atoms with E-state index in [1.165, 1.54) is 7.11 Å². The van der Waals surface area contributed by atoms with Crippen LogP contribution in [0.5, 0.6) is 11.5 Å². The molecule has 0 heterocycles. The second kappa shape index (κ2) is 9.79. The van der Waals surface area contributed by atoms with Crippen LogP contribution < -0.4 is 25.2 Å². The summed E-state index contributed by atoms with van der Waals surface area (Å²) in [4.78, 5) is 4.05. The van der Waals surface area contributed by atoms with Gasteiger partial charge in [-0.1, -0.05) is 30.3 Å². The molecule has 9 heteroatoms. The molecule has 0 atom stereocenters. The number of hydrogen-bond acceptors (Lipinski definition) is 5. The molecule has 0 saturated carbocycles. The molecule has 0 amide bonds. The first-order valence-electron chi connectivity index (χ1n) is 8.24. The molecular weight excluding hydrogens is 368 g/mol. The van der Waals surface area contributed by atoms with E-state index in [0.717, 1.165) is 5.56 Å². The molecule has 0 aromatic heterocycles. The summed E-state index contributed by atoms with van der Waals surface area (Å²) in [7, 11) is -0.362. The lowest BCUT2D eigenvalue weighted by Gasteiger charge is -2.11. The normalized spacial score (nSPS) is 11.9. The number of ether oxygens (including phenoxy) is 2. The van der Waals surface area contributed by atoms with Gasteiger partial charge in [-0.15, -0.1) is 0 Å². The number of hydrogen-bond donors (Lipinski definition) is 3. The lowest BCUT2D eigenvalue weighted by atomic mass is 10.2. The van der Waals surface area contributed by atoms with Crippen molar-refractivity contribution in [1.82, 2.24) is 4.72 Å². The molecule has 146 valence electrons. The molecule has 0 bridgehead atoms. The van der Waals surface area contributed by atoms with Gasteiger partial charge in [0, 0.05) is 18.3 Å². The maximum Gasteiger partial charge on any atom is 0.213 e. The molecule has 8 nitrogen and oxygen atoms in total. The van der Waals surface area contributed by atoms with Gasteiger partial charge >= 0.3 is 0 Å². The van der Waals surface area contributed by atoms with Crippen LogP contribution in [0.1, 0.15) is 5.56 Å². The Balaban J connectivity index is 1.86. The van der Waals surface area contributed by atoms with Crippen molar-refractivity contribution in [2.24, 2.45) is 10.7 Å². The summed E-state index contributed by atoms with van der Waals surface area (Å²) in [5.74, 6) is 1.09. The molecule has 0 aliphatic heterocycles. The van der Waals surface area contributed by atoms with Gasteiger partial charge in [0.25, 0.3) is 0 Å². The minimum Gasteiger partial charge on any atom is -0.493 e. The van der Waals surface area contributed by atoms with Crippen LogP contribution in [-0.2, 0) is 16.6 Å². The van der Waals surface area contributed by atoms with Crippen LogP contribution in [0.15, 0.2) is 53.5 Å². The van der Waals surface area contributed by atoms with Crippen LogP contribution in [0.25, 0.3) is 0 Å². The zero-order valence-corrected chi connectivity index (χ0v) is 16.1.